The standard InChI is InChI=1S/C19H17FN4O3/c1-27-16-9-14-12(18(24-23-14)10-3-2-4-11(20)7-10)8-15(16)22-19(26)13-5-6-17(25)21-13/h2-4,7-9,13H,5-6H2,1H3,(H,21,25)(H,22,26)(H,23,24)/t13-/m1/s1. The van der Waals surface area contributed by atoms with Crippen LogP contribution in [0.2, 0.25) is 0 Å². The number of nitrogens with zero attached hydrogens (tertiary/aromatic N) is 1. The molecular formula is C19H17FN4O3. The quantitative estimate of drug-likeness (QED) is 0.660. The normalized spacial score (nSPS) is 16.4. The number of methoxy groups -OCH3 is 1. The number of hydrogen-bond acceptors (Lipinski definition) is 4. The Morgan fingerprint density at radius 1 is 1.33 bits per heavy atom. The van der Waals surface area contributed by atoms with Crippen molar-refractivity contribution in [2.75, 3.05) is 12.4 Å². The number of nitrogens with one attached hydrogen (secondary N) is 3. The molecule has 2 aromatic carbocycles. The summed E-state index contributed by atoms with van der Waals surface area (Å²) >= 11 is 0. The van der Waals surface area contributed by atoms with Gasteiger partial charge in [-0.15, -0.1) is 0 Å². The minimum absolute atomic E-state index is 0.138. The van der Waals surface area contributed by atoms with E-state index in [9.17, 15) is 14.0 Å². The lowest BCUT2D eigenvalue weighted by Crippen LogP contribution is -2.37. The lowest BCUT2D eigenvalue weighted by Gasteiger charge is -2.14. The van der Waals surface area contributed by atoms with Crippen molar-refractivity contribution < 1.29 is 18.7 Å². The van der Waals surface area contributed by atoms with Gasteiger partial charge in [-0.05, 0) is 24.6 Å². The van der Waals surface area contributed by atoms with Crippen LogP contribution in [-0.2, 0) is 9.59 Å². The molecule has 0 radical (unpaired) electrons. The zero-order chi connectivity index (χ0) is 19.0. The molecule has 1 aliphatic rings. The molecule has 3 N–H and O–H groups in total. The predicted molar refractivity (Wildman–Crippen MR) is 97.8 cm³/mol. The number of amides is 2. The maximum Gasteiger partial charge on any atom is 0.247 e. The van der Waals surface area contributed by atoms with Crippen molar-refractivity contribution in [3.63, 3.8) is 0 Å². The fourth-order valence-electron chi connectivity index (χ4n) is 3.20. The molecule has 1 aliphatic heterocycles. The van der Waals surface area contributed by atoms with Crippen molar-refractivity contribution >= 4 is 28.4 Å². The average molecular weight is 368 g/mol. The number of aromatic nitrogens is 2. The summed E-state index contributed by atoms with van der Waals surface area (Å²) in [6.07, 6.45) is 0.787. The molecule has 7 nitrogen and oxygen atoms in total. The third kappa shape index (κ3) is 3.21. The summed E-state index contributed by atoms with van der Waals surface area (Å²) in [7, 11) is 1.50. The van der Waals surface area contributed by atoms with E-state index in [1.807, 2.05) is 0 Å². The maximum atomic E-state index is 13.6. The second kappa shape index (κ2) is 6.71. The second-order valence-corrected chi connectivity index (χ2v) is 6.33. The van der Waals surface area contributed by atoms with Gasteiger partial charge < -0.3 is 15.4 Å². The average Bonchev–Trinajstić information content (AvgIpc) is 3.27. The summed E-state index contributed by atoms with van der Waals surface area (Å²) in [5.74, 6) is -0.354. The van der Waals surface area contributed by atoms with Gasteiger partial charge in [0.1, 0.15) is 23.3 Å². The Balaban J connectivity index is 1.72. The summed E-state index contributed by atoms with van der Waals surface area (Å²) in [6.45, 7) is 0. The van der Waals surface area contributed by atoms with Crippen molar-refractivity contribution in [1.82, 2.24) is 15.5 Å². The van der Waals surface area contributed by atoms with E-state index in [0.717, 1.165) is 0 Å². The topological polar surface area (TPSA) is 96.1 Å². The Hall–Kier alpha value is -3.42. The lowest BCUT2D eigenvalue weighted by atomic mass is 10.1. The summed E-state index contributed by atoms with van der Waals surface area (Å²) in [4.78, 5) is 23.8. The highest BCUT2D eigenvalue weighted by molar-refractivity contribution is 6.03. The molecular weight excluding hydrogens is 351 g/mol. The van der Waals surface area contributed by atoms with Crippen LogP contribution in [0.25, 0.3) is 22.2 Å². The summed E-state index contributed by atoms with van der Waals surface area (Å²) in [5.41, 5.74) is 2.33. The Bertz CT molecular complexity index is 1050. The van der Waals surface area contributed by atoms with Gasteiger partial charge in [0, 0.05) is 23.4 Å². The molecule has 0 unspecified atom stereocenters. The first-order chi connectivity index (χ1) is 13.0. The molecule has 8 heteroatoms. The number of rotatable bonds is 4. The van der Waals surface area contributed by atoms with Crippen LogP contribution in [0.1, 0.15) is 12.8 Å². The highest BCUT2D eigenvalue weighted by Crippen LogP contribution is 2.34. The highest BCUT2D eigenvalue weighted by atomic mass is 19.1. The molecule has 4 rings (SSSR count). The molecule has 3 aromatic rings. The third-order valence-electron chi connectivity index (χ3n) is 4.55. The fourth-order valence-corrected chi connectivity index (χ4v) is 3.20. The smallest absolute Gasteiger partial charge is 0.247 e. The maximum absolute atomic E-state index is 13.6. The summed E-state index contributed by atoms with van der Waals surface area (Å²) < 4.78 is 18.9. The number of carbonyl (C=O) groups is 2. The number of anilines is 1. The molecule has 1 atom stereocenters. The zero-order valence-electron chi connectivity index (χ0n) is 14.5. The number of halogens is 1. The molecule has 0 bridgehead atoms. The number of aromatic amines is 1. The first-order valence-corrected chi connectivity index (χ1v) is 8.47. The number of benzene rings is 2. The Kier molecular flexibility index (Phi) is 4.23. The van der Waals surface area contributed by atoms with Gasteiger partial charge in [0.05, 0.1) is 18.3 Å². The van der Waals surface area contributed by atoms with E-state index < -0.39 is 6.04 Å². The van der Waals surface area contributed by atoms with Gasteiger partial charge in [-0.3, -0.25) is 14.7 Å². The molecule has 2 amide bonds. The Morgan fingerprint density at radius 2 is 2.19 bits per heavy atom. The van der Waals surface area contributed by atoms with E-state index >= 15 is 0 Å². The molecule has 0 saturated carbocycles. The first kappa shape index (κ1) is 17.0. The van der Waals surface area contributed by atoms with Crippen LogP contribution in [0.5, 0.6) is 5.75 Å². The Labute approximate surface area is 153 Å². The van der Waals surface area contributed by atoms with E-state index in [1.165, 1.54) is 19.2 Å². The minimum Gasteiger partial charge on any atom is -0.494 e. The van der Waals surface area contributed by atoms with Gasteiger partial charge in [-0.2, -0.15) is 5.10 Å². The van der Waals surface area contributed by atoms with Gasteiger partial charge in [-0.1, -0.05) is 12.1 Å². The van der Waals surface area contributed by atoms with Crippen LogP contribution in [0.4, 0.5) is 10.1 Å². The van der Waals surface area contributed by atoms with Gasteiger partial charge in [0.15, 0.2) is 0 Å². The van der Waals surface area contributed by atoms with E-state index in [0.29, 0.717) is 46.4 Å². The van der Waals surface area contributed by atoms with Crippen LogP contribution >= 0.6 is 0 Å². The van der Waals surface area contributed by atoms with Crippen LogP contribution in [0, 0.1) is 5.82 Å². The van der Waals surface area contributed by atoms with E-state index in [-0.39, 0.29) is 17.6 Å². The molecule has 0 aliphatic carbocycles. The third-order valence-corrected chi connectivity index (χ3v) is 4.55. The Morgan fingerprint density at radius 3 is 2.89 bits per heavy atom. The van der Waals surface area contributed by atoms with Crippen molar-refractivity contribution in [1.29, 1.82) is 0 Å². The van der Waals surface area contributed by atoms with Gasteiger partial charge in [0.2, 0.25) is 11.8 Å². The zero-order valence-corrected chi connectivity index (χ0v) is 14.5. The van der Waals surface area contributed by atoms with E-state index in [4.69, 9.17) is 4.74 Å². The van der Waals surface area contributed by atoms with E-state index in [1.54, 1.807) is 24.3 Å². The number of hydrogen-bond donors (Lipinski definition) is 3. The van der Waals surface area contributed by atoms with Crippen LogP contribution in [0.3, 0.4) is 0 Å². The highest BCUT2D eigenvalue weighted by Gasteiger charge is 2.28. The van der Waals surface area contributed by atoms with Crippen molar-refractivity contribution in [2.45, 2.75) is 18.9 Å². The van der Waals surface area contributed by atoms with Gasteiger partial charge in [-0.25, -0.2) is 4.39 Å². The number of ether oxygens (including phenoxy) is 1. The number of fused-ring (bicyclic) bond motifs is 1. The van der Waals surface area contributed by atoms with Crippen LogP contribution in [0.15, 0.2) is 36.4 Å². The summed E-state index contributed by atoms with van der Waals surface area (Å²) in [6, 6.07) is 9.01. The summed E-state index contributed by atoms with van der Waals surface area (Å²) in [5, 5.41) is 13.3. The van der Waals surface area contributed by atoms with Crippen molar-refractivity contribution in [3.05, 3.63) is 42.2 Å². The SMILES string of the molecule is COc1cc2[nH]nc(-c3cccc(F)c3)c2cc1NC(=O)[C@H]1CCC(=O)N1. The van der Waals surface area contributed by atoms with Crippen molar-refractivity contribution in [3.8, 4) is 17.0 Å². The van der Waals surface area contributed by atoms with Gasteiger partial charge >= 0.3 is 0 Å². The molecule has 1 saturated heterocycles. The van der Waals surface area contributed by atoms with Crippen LogP contribution in [-0.4, -0.2) is 35.2 Å². The number of carbonyl (C=O) groups excluding carboxylic acids is 2. The predicted octanol–water partition coefficient (Wildman–Crippen LogP) is 2.59. The molecule has 0 spiro atoms. The minimum atomic E-state index is -0.565. The lowest BCUT2D eigenvalue weighted by molar-refractivity contribution is -0.122. The molecule has 1 aromatic heterocycles. The van der Waals surface area contributed by atoms with Gasteiger partial charge in [0.25, 0.3) is 0 Å². The van der Waals surface area contributed by atoms with Crippen molar-refractivity contribution in [2.24, 2.45) is 0 Å². The first-order valence-electron chi connectivity index (χ1n) is 8.47. The monoisotopic (exact) mass is 368 g/mol. The molecule has 1 fully saturated rings. The molecule has 138 valence electrons. The fraction of sp³-hybridized carbons (Fsp3) is 0.211. The largest absolute Gasteiger partial charge is 0.494 e. The molecule has 27 heavy (non-hydrogen) atoms. The molecule has 2 heterocycles. The second-order valence-electron chi connectivity index (χ2n) is 6.33. The van der Waals surface area contributed by atoms with Crippen LogP contribution < -0.4 is 15.4 Å². The van der Waals surface area contributed by atoms with E-state index in [2.05, 4.69) is 20.8 Å². The number of H-pyrrole nitrogens is 1.